The van der Waals surface area contributed by atoms with Crippen LogP contribution in [0.1, 0.15) is 46.2 Å². The van der Waals surface area contributed by atoms with E-state index in [2.05, 4.69) is 5.32 Å². The van der Waals surface area contributed by atoms with Crippen molar-refractivity contribution in [1.29, 1.82) is 0 Å². The Kier molecular flexibility index (Phi) is 5.11. The summed E-state index contributed by atoms with van der Waals surface area (Å²) in [7, 11) is 0. The zero-order chi connectivity index (χ0) is 22.4. The highest BCUT2D eigenvalue weighted by Gasteiger charge is 2.39. The number of hydrogen-bond donors (Lipinski definition) is 2. The Balaban J connectivity index is 1.69. The number of benzene rings is 1. The van der Waals surface area contributed by atoms with Crippen molar-refractivity contribution in [2.24, 2.45) is 0 Å². The summed E-state index contributed by atoms with van der Waals surface area (Å²) < 4.78 is 42.0. The van der Waals surface area contributed by atoms with E-state index in [1.54, 1.807) is 16.8 Å². The number of carbonyl (C=O) groups excluding carboxylic acids is 2. The molecule has 0 aliphatic carbocycles. The van der Waals surface area contributed by atoms with Gasteiger partial charge in [-0.2, -0.15) is 0 Å². The maximum atomic E-state index is 13.8. The summed E-state index contributed by atoms with van der Waals surface area (Å²) >= 11 is 0. The highest BCUT2D eigenvalue weighted by Crippen LogP contribution is 2.27. The quantitative estimate of drug-likeness (QED) is 0.759. The molecule has 1 unspecified atom stereocenters. The molecule has 1 fully saturated rings. The normalized spacial score (nSPS) is 17.9. The number of pyridine rings is 1. The van der Waals surface area contributed by atoms with Crippen molar-refractivity contribution in [2.45, 2.75) is 32.5 Å². The number of halogens is 3. The number of nitrogens with one attached hydrogen (secondary N) is 1. The minimum Gasteiger partial charge on any atom is -0.502 e. The van der Waals surface area contributed by atoms with E-state index in [0.29, 0.717) is 25.2 Å². The molecular formula is C20H19F3N4O4. The number of hydrogen-bond acceptors (Lipinski definition) is 5. The van der Waals surface area contributed by atoms with Gasteiger partial charge in [-0.05, 0) is 19.8 Å². The Hall–Kier alpha value is -3.50. The first-order valence-corrected chi connectivity index (χ1v) is 9.69. The molecule has 1 aromatic heterocycles. The van der Waals surface area contributed by atoms with E-state index < -0.39 is 58.1 Å². The van der Waals surface area contributed by atoms with E-state index in [9.17, 15) is 32.7 Å². The summed E-state index contributed by atoms with van der Waals surface area (Å²) in [5, 5.41) is 14.4. The molecule has 1 atom stereocenters. The first kappa shape index (κ1) is 20.8. The zero-order valence-electron chi connectivity index (χ0n) is 16.5. The lowest BCUT2D eigenvalue weighted by molar-refractivity contribution is 0.0611. The van der Waals surface area contributed by atoms with Gasteiger partial charge in [-0.3, -0.25) is 24.1 Å². The number of rotatable bonds is 3. The molecule has 8 nitrogen and oxygen atoms in total. The molecule has 0 spiro atoms. The molecular weight excluding hydrogens is 417 g/mol. The molecule has 164 valence electrons. The maximum Gasteiger partial charge on any atom is 0.278 e. The molecule has 2 N–H and O–H groups in total. The van der Waals surface area contributed by atoms with Gasteiger partial charge in [0, 0.05) is 43.5 Å². The van der Waals surface area contributed by atoms with Gasteiger partial charge in [-0.1, -0.05) is 0 Å². The van der Waals surface area contributed by atoms with Gasteiger partial charge >= 0.3 is 0 Å². The van der Waals surface area contributed by atoms with E-state index in [1.807, 2.05) is 0 Å². The molecule has 11 heteroatoms. The van der Waals surface area contributed by atoms with Crippen LogP contribution in [0.15, 0.2) is 23.1 Å². The van der Waals surface area contributed by atoms with Crippen molar-refractivity contribution in [2.75, 3.05) is 18.1 Å². The van der Waals surface area contributed by atoms with E-state index >= 15 is 0 Å². The molecule has 2 aliphatic heterocycles. The first-order valence-electron chi connectivity index (χ1n) is 9.69. The fourth-order valence-electron chi connectivity index (χ4n) is 3.94. The van der Waals surface area contributed by atoms with Crippen LogP contribution in [0.3, 0.4) is 0 Å². The molecule has 2 amide bonds. The van der Waals surface area contributed by atoms with E-state index in [4.69, 9.17) is 0 Å². The molecule has 2 bridgehead atoms. The molecule has 3 heterocycles. The number of carbonyl (C=O) groups is 2. The molecule has 0 radical (unpaired) electrons. The molecule has 4 rings (SSSR count). The van der Waals surface area contributed by atoms with Crippen molar-refractivity contribution in [3.05, 3.63) is 62.8 Å². The Morgan fingerprint density at radius 1 is 1.16 bits per heavy atom. The fourth-order valence-corrected chi connectivity index (χ4v) is 3.94. The highest BCUT2D eigenvalue weighted by atomic mass is 19.1. The lowest BCUT2D eigenvalue weighted by Crippen LogP contribution is -2.59. The van der Waals surface area contributed by atoms with Gasteiger partial charge in [-0.15, -0.1) is 0 Å². The number of aromatic nitrogens is 1. The molecule has 31 heavy (non-hydrogen) atoms. The predicted octanol–water partition coefficient (Wildman–Crippen LogP) is 1.43. The third kappa shape index (κ3) is 3.39. The van der Waals surface area contributed by atoms with Crippen molar-refractivity contribution in [1.82, 2.24) is 14.9 Å². The van der Waals surface area contributed by atoms with Crippen molar-refractivity contribution in [3.8, 4) is 5.75 Å². The van der Waals surface area contributed by atoms with Crippen LogP contribution < -0.4 is 15.8 Å². The van der Waals surface area contributed by atoms with Gasteiger partial charge in [-0.25, -0.2) is 13.2 Å². The Morgan fingerprint density at radius 2 is 1.81 bits per heavy atom. The zero-order valence-corrected chi connectivity index (χ0v) is 16.5. The summed E-state index contributed by atoms with van der Waals surface area (Å²) in [6, 6.07) is 0.949. The Labute approximate surface area is 174 Å². The van der Waals surface area contributed by atoms with Crippen LogP contribution in [-0.2, 0) is 6.54 Å². The maximum absolute atomic E-state index is 13.8. The summed E-state index contributed by atoms with van der Waals surface area (Å²) in [5.41, 5.74) is -2.39. The second-order valence-electron chi connectivity index (χ2n) is 7.44. The molecule has 2 aromatic rings. The van der Waals surface area contributed by atoms with Crippen LogP contribution in [0.5, 0.6) is 5.75 Å². The van der Waals surface area contributed by atoms with Crippen LogP contribution in [0.4, 0.5) is 13.2 Å². The SMILES string of the molecule is CC1N2CCCCN1n1cc(C(=O)NCc3c(F)cc(F)cc3F)c(=O)c(O)c1C2=O. The second-order valence-corrected chi connectivity index (χ2v) is 7.44. The summed E-state index contributed by atoms with van der Waals surface area (Å²) in [5.74, 6) is -5.88. The van der Waals surface area contributed by atoms with Gasteiger partial charge in [0.1, 0.15) is 29.2 Å². The van der Waals surface area contributed by atoms with Crippen LogP contribution in [0, 0.1) is 17.5 Å². The standard InChI is InChI=1S/C20H19F3N4O4/c1-10-25-4-2-3-5-26(10)27-9-13(17(28)18(29)16(27)20(25)31)19(30)24-8-12-14(22)6-11(21)7-15(12)23/h6-7,9-10,29H,2-5,8H2,1H3,(H,24,30). The van der Waals surface area contributed by atoms with Gasteiger partial charge in [0.05, 0.1) is 0 Å². The third-order valence-electron chi connectivity index (χ3n) is 5.60. The van der Waals surface area contributed by atoms with Gasteiger partial charge in [0.25, 0.3) is 11.8 Å². The van der Waals surface area contributed by atoms with Gasteiger partial charge in [0.15, 0.2) is 11.4 Å². The largest absolute Gasteiger partial charge is 0.502 e. The summed E-state index contributed by atoms with van der Waals surface area (Å²) in [4.78, 5) is 39.6. The molecule has 1 aromatic carbocycles. The second kappa shape index (κ2) is 7.64. The number of fused-ring (bicyclic) bond motifs is 4. The highest BCUT2D eigenvalue weighted by molar-refractivity contribution is 5.99. The molecule has 2 aliphatic rings. The monoisotopic (exact) mass is 436 g/mol. The van der Waals surface area contributed by atoms with E-state index in [-0.39, 0.29) is 11.9 Å². The number of amides is 2. The Morgan fingerprint density at radius 3 is 2.48 bits per heavy atom. The lowest BCUT2D eigenvalue weighted by Gasteiger charge is -2.43. The van der Waals surface area contributed by atoms with Crippen LogP contribution >= 0.6 is 0 Å². The minimum atomic E-state index is -1.19. The number of nitrogens with zero attached hydrogens (tertiary/aromatic N) is 3. The summed E-state index contributed by atoms with van der Waals surface area (Å²) in [6.45, 7) is 2.14. The van der Waals surface area contributed by atoms with Crippen LogP contribution in [0.2, 0.25) is 0 Å². The van der Waals surface area contributed by atoms with Gasteiger partial charge in [0.2, 0.25) is 5.43 Å². The van der Waals surface area contributed by atoms with Crippen molar-refractivity contribution >= 4 is 11.8 Å². The number of aromatic hydroxyl groups is 1. The summed E-state index contributed by atoms with van der Waals surface area (Å²) in [6.07, 6.45) is 2.28. The Bertz CT molecular complexity index is 1130. The average Bonchev–Trinajstić information content (AvgIpc) is 2.85. The topological polar surface area (TPSA) is 94.9 Å². The average molecular weight is 436 g/mol. The van der Waals surface area contributed by atoms with E-state index in [1.165, 1.54) is 4.68 Å². The van der Waals surface area contributed by atoms with Crippen molar-refractivity contribution < 1.29 is 27.9 Å². The van der Waals surface area contributed by atoms with Gasteiger partial charge < -0.3 is 15.3 Å². The minimum absolute atomic E-state index is 0.239. The smallest absolute Gasteiger partial charge is 0.278 e. The van der Waals surface area contributed by atoms with Crippen LogP contribution in [-0.4, -0.2) is 45.8 Å². The predicted molar refractivity (Wildman–Crippen MR) is 103 cm³/mol. The lowest BCUT2D eigenvalue weighted by atomic mass is 10.1. The first-order chi connectivity index (χ1) is 14.7. The fraction of sp³-hybridized carbons (Fsp3) is 0.350. The molecule has 1 saturated heterocycles. The van der Waals surface area contributed by atoms with Crippen LogP contribution in [0.25, 0.3) is 0 Å². The van der Waals surface area contributed by atoms with Crippen molar-refractivity contribution in [3.63, 3.8) is 0 Å². The third-order valence-corrected chi connectivity index (χ3v) is 5.60. The van der Waals surface area contributed by atoms with E-state index in [0.717, 1.165) is 19.0 Å². The molecule has 0 saturated carbocycles.